The Hall–Kier alpha value is -1.11. The molecule has 1 heterocycles. The first-order valence-corrected chi connectivity index (χ1v) is 7.36. The molecule has 0 aliphatic heterocycles. The zero-order valence-electron chi connectivity index (χ0n) is 11.5. The highest BCUT2D eigenvalue weighted by molar-refractivity contribution is 9.09. The van der Waals surface area contributed by atoms with Crippen LogP contribution >= 0.6 is 15.9 Å². The van der Waals surface area contributed by atoms with Crippen LogP contribution in [0.5, 0.6) is 0 Å². The summed E-state index contributed by atoms with van der Waals surface area (Å²) in [6.07, 6.45) is 3.99. The molecular formula is C12H19BrN4O2. The third kappa shape index (κ3) is 2.61. The molecule has 6 nitrogen and oxygen atoms in total. The Morgan fingerprint density at radius 2 is 1.89 bits per heavy atom. The fraction of sp³-hybridized carbons (Fsp3) is 0.750. The largest absolute Gasteiger partial charge is 0.355 e. The molecule has 7 heteroatoms. The van der Waals surface area contributed by atoms with Gasteiger partial charge in [0.25, 0.3) is 0 Å². The Labute approximate surface area is 120 Å². The molecule has 1 saturated carbocycles. The maximum atomic E-state index is 12.4. The van der Waals surface area contributed by atoms with E-state index in [-0.39, 0.29) is 16.6 Å². The smallest absolute Gasteiger partial charge is 0.348 e. The lowest BCUT2D eigenvalue weighted by atomic mass is 9.95. The minimum Gasteiger partial charge on any atom is -0.348 e. The fourth-order valence-electron chi connectivity index (χ4n) is 2.58. The Bertz CT molecular complexity index is 578. The van der Waals surface area contributed by atoms with Gasteiger partial charge in [-0.1, -0.05) is 28.8 Å². The number of alkyl halides is 1. The van der Waals surface area contributed by atoms with Crippen LogP contribution in [0.15, 0.2) is 9.59 Å². The summed E-state index contributed by atoms with van der Waals surface area (Å²) in [5, 5.41) is 0. The molecule has 1 fully saturated rings. The van der Waals surface area contributed by atoms with E-state index in [9.17, 15) is 9.59 Å². The summed E-state index contributed by atoms with van der Waals surface area (Å²) in [6, 6.07) is -0.0938. The van der Waals surface area contributed by atoms with Crippen molar-refractivity contribution < 1.29 is 0 Å². The third-order valence-electron chi connectivity index (χ3n) is 3.57. The molecule has 1 aliphatic carbocycles. The SMILES string of the molecule is CN(C)c1nc(=O)n(C2CCCCC2Br)c(=O)n1C. The average Bonchev–Trinajstić information content (AvgIpc) is 2.36. The minimum atomic E-state index is -0.455. The maximum absolute atomic E-state index is 12.4. The molecule has 2 unspecified atom stereocenters. The standard InChI is InChI=1S/C12H19BrN4O2/c1-15(2)10-14-11(18)17(12(19)16(10)3)9-7-5-4-6-8(9)13/h8-9H,4-7H2,1-3H3. The van der Waals surface area contributed by atoms with Crippen molar-refractivity contribution in [3.05, 3.63) is 21.0 Å². The van der Waals surface area contributed by atoms with Gasteiger partial charge in [0, 0.05) is 26.0 Å². The van der Waals surface area contributed by atoms with Crippen LogP contribution in [0.3, 0.4) is 0 Å². The normalized spacial score (nSPS) is 23.4. The van der Waals surface area contributed by atoms with Crippen LogP contribution in [0, 0.1) is 0 Å². The molecule has 0 saturated heterocycles. The molecule has 0 spiro atoms. The first kappa shape index (κ1) is 14.3. The van der Waals surface area contributed by atoms with E-state index in [1.165, 1.54) is 9.13 Å². The topological polar surface area (TPSA) is 60.1 Å². The lowest BCUT2D eigenvalue weighted by Crippen LogP contribution is -2.47. The van der Waals surface area contributed by atoms with Crippen molar-refractivity contribution >= 4 is 21.9 Å². The van der Waals surface area contributed by atoms with Gasteiger partial charge in [0.1, 0.15) is 0 Å². The molecular weight excluding hydrogens is 312 g/mol. The molecule has 0 amide bonds. The summed E-state index contributed by atoms with van der Waals surface area (Å²) in [5.74, 6) is 0.383. The predicted octanol–water partition coefficient (Wildman–Crippen LogP) is 0.887. The average molecular weight is 331 g/mol. The minimum absolute atomic E-state index is 0.0938. The summed E-state index contributed by atoms with van der Waals surface area (Å²) < 4.78 is 2.72. The number of aromatic nitrogens is 3. The van der Waals surface area contributed by atoms with Gasteiger partial charge in [0.15, 0.2) is 0 Å². The quantitative estimate of drug-likeness (QED) is 0.755. The van der Waals surface area contributed by atoms with Crippen LogP contribution in [0.25, 0.3) is 0 Å². The van der Waals surface area contributed by atoms with Crippen molar-refractivity contribution in [2.24, 2.45) is 7.05 Å². The van der Waals surface area contributed by atoms with E-state index < -0.39 is 5.69 Å². The summed E-state index contributed by atoms with van der Waals surface area (Å²) in [7, 11) is 5.17. The van der Waals surface area contributed by atoms with Gasteiger partial charge in [0.2, 0.25) is 5.95 Å². The second-order valence-electron chi connectivity index (χ2n) is 5.17. The van der Waals surface area contributed by atoms with E-state index in [4.69, 9.17) is 0 Å². The Kier molecular flexibility index (Phi) is 4.13. The monoisotopic (exact) mass is 330 g/mol. The van der Waals surface area contributed by atoms with Crippen molar-refractivity contribution in [3.8, 4) is 0 Å². The predicted molar refractivity (Wildman–Crippen MR) is 78.3 cm³/mol. The Balaban J connectivity index is 2.56. The number of hydrogen-bond donors (Lipinski definition) is 0. The van der Waals surface area contributed by atoms with E-state index in [0.29, 0.717) is 5.95 Å². The van der Waals surface area contributed by atoms with Gasteiger partial charge in [-0.15, -0.1) is 0 Å². The third-order valence-corrected chi connectivity index (χ3v) is 4.64. The summed E-state index contributed by atoms with van der Waals surface area (Å²) in [4.78, 5) is 30.4. The lowest BCUT2D eigenvalue weighted by Gasteiger charge is -2.28. The zero-order valence-corrected chi connectivity index (χ0v) is 13.1. The highest BCUT2D eigenvalue weighted by Gasteiger charge is 2.28. The van der Waals surface area contributed by atoms with Gasteiger partial charge in [-0.3, -0.25) is 4.57 Å². The first-order chi connectivity index (χ1) is 8.93. The highest BCUT2D eigenvalue weighted by atomic mass is 79.9. The summed E-state index contributed by atoms with van der Waals surface area (Å²) >= 11 is 3.59. The number of nitrogens with zero attached hydrogens (tertiary/aromatic N) is 4. The molecule has 0 N–H and O–H groups in total. The van der Waals surface area contributed by atoms with Gasteiger partial charge in [-0.05, 0) is 12.8 Å². The van der Waals surface area contributed by atoms with Crippen LogP contribution in [0.2, 0.25) is 0 Å². The van der Waals surface area contributed by atoms with Crippen LogP contribution in [0.4, 0.5) is 5.95 Å². The number of hydrogen-bond acceptors (Lipinski definition) is 4. The van der Waals surface area contributed by atoms with Crippen molar-refractivity contribution in [1.29, 1.82) is 0 Å². The molecule has 2 atom stereocenters. The summed E-state index contributed by atoms with van der Waals surface area (Å²) in [5.41, 5.74) is -0.747. The molecule has 1 aromatic heterocycles. The van der Waals surface area contributed by atoms with Crippen LogP contribution in [-0.4, -0.2) is 33.0 Å². The Morgan fingerprint density at radius 3 is 2.47 bits per heavy atom. The van der Waals surface area contributed by atoms with Gasteiger partial charge >= 0.3 is 11.4 Å². The molecule has 19 heavy (non-hydrogen) atoms. The molecule has 106 valence electrons. The molecule has 0 radical (unpaired) electrons. The molecule has 1 aliphatic rings. The fourth-order valence-corrected chi connectivity index (χ4v) is 3.41. The second kappa shape index (κ2) is 5.48. The van der Waals surface area contributed by atoms with Gasteiger partial charge in [-0.25, -0.2) is 14.2 Å². The van der Waals surface area contributed by atoms with Gasteiger partial charge in [-0.2, -0.15) is 4.98 Å². The van der Waals surface area contributed by atoms with E-state index in [1.54, 1.807) is 26.0 Å². The highest BCUT2D eigenvalue weighted by Crippen LogP contribution is 2.31. The van der Waals surface area contributed by atoms with Gasteiger partial charge in [0.05, 0.1) is 6.04 Å². The van der Waals surface area contributed by atoms with Gasteiger partial charge < -0.3 is 4.90 Å². The molecule has 0 bridgehead atoms. The number of anilines is 1. The van der Waals surface area contributed by atoms with Crippen molar-refractivity contribution in [2.45, 2.75) is 36.6 Å². The molecule has 2 rings (SSSR count). The van der Waals surface area contributed by atoms with Crippen LogP contribution in [0.1, 0.15) is 31.7 Å². The lowest BCUT2D eigenvalue weighted by molar-refractivity contribution is 0.340. The van der Waals surface area contributed by atoms with E-state index in [1.807, 2.05) is 0 Å². The number of rotatable bonds is 2. The molecule has 1 aromatic rings. The summed E-state index contributed by atoms with van der Waals surface area (Å²) in [6.45, 7) is 0. The number of halogens is 1. The Morgan fingerprint density at radius 1 is 1.26 bits per heavy atom. The van der Waals surface area contributed by atoms with E-state index in [0.717, 1.165) is 25.7 Å². The first-order valence-electron chi connectivity index (χ1n) is 6.44. The molecule has 0 aromatic carbocycles. The second-order valence-corrected chi connectivity index (χ2v) is 6.34. The van der Waals surface area contributed by atoms with Crippen molar-refractivity contribution in [3.63, 3.8) is 0 Å². The maximum Gasteiger partial charge on any atom is 0.355 e. The van der Waals surface area contributed by atoms with Crippen LogP contribution in [-0.2, 0) is 7.05 Å². The van der Waals surface area contributed by atoms with Crippen molar-refractivity contribution in [2.75, 3.05) is 19.0 Å². The van der Waals surface area contributed by atoms with Crippen LogP contribution < -0.4 is 16.3 Å². The van der Waals surface area contributed by atoms with Crippen molar-refractivity contribution in [1.82, 2.24) is 14.1 Å². The van der Waals surface area contributed by atoms with E-state index in [2.05, 4.69) is 20.9 Å². The van der Waals surface area contributed by atoms with E-state index >= 15 is 0 Å². The zero-order chi connectivity index (χ0) is 14.2.